The molecule has 3 heterocycles. The van der Waals surface area contributed by atoms with Crippen molar-refractivity contribution in [3.8, 4) is 0 Å². The Morgan fingerprint density at radius 3 is 2.57 bits per heavy atom. The van der Waals surface area contributed by atoms with Gasteiger partial charge in [0.05, 0.1) is 0 Å². The molecule has 2 N–H and O–H groups in total. The van der Waals surface area contributed by atoms with E-state index in [1.54, 1.807) is 18.5 Å². The largest absolute Gasteiger partial charge is 0.405 e. The molecular weight excluding hydrogens is 377 g/mol. The van der Waals surface area contributed by atoms with Crippen molar-refractivity contribution in [1.29, 1.82) is 0 Å². The zero-order chi connectivity index (χ0) is 20.1. The topological polar surface area (TPSA) is 90.5 Å². The molecule has 28 heavy (non-hydrogen) atoms. The van der Waals surface area contributed by atoms with E-state index in [2.05, 4.69) is 15.3 Å². The second kappa shape index (κ2) is 8.61. The minimum atomic E-state index is -4.48. The molecule has 1 aromatic rings. The highest BCUT2D eigenvalue weighted by atomic mass is 19.4. The summed E-state index contributed by atoms with van der Waals surface area (Å²) in [5, 5.41) is 4.78. The fourth-order valence-corrected chi connectivity index (χ4v) is 3.58. The molecule has 11 heteroatoms. The molecule has 0 aromatic carbocycles. The van der Waals surface area contributed by atoms with Crippen LogP contribution in [0, 0.1) is 0 Å². The van der Waals surface area contributed by atoms with Crippen LogP contribution >= 0.6 is 0 Å². The van der Waals surface area contributed by atoms with Crippen LogP contribution in [-0.2, 0) is 4.79 Å². The number of halogens is 3. The van der Waals surface area contributed by atoms with Crippen LogP contribution in [0.5, 0.6) is 0 Å². The molecule has 2 unspecified atom stereocenters. The first-order valence-corrected chi connectivity index (χ1v) is 9.27. The lowest BCUT2D eigenvalue weighted by Crippen LogP contribution is -2.55. The number of rotatable bonds is 4. The number of likely N-dealkylation sites (tertiary alicyclic amines) is 1. The first kappa shape index (κ1) is 20.2. The summed E-state index contributed by atoms with van der Waals surface area (Å²) < 4.78 is 37.0. The monoisotopic (exact) mass is 400 g/mol. The lowest BCUT2D eigenvalue weighted by atomic mass is 10.1. The summed E-state index contributed by atoms with van der Waals surface area (Å²) in [6.45, 7) is 0.262. The Hall–Kier alpha value is -2.59. The van der Waals surface area contributed by atoms with Crippen LogP contribution < -0.4 is 15.5 Å². The van der Waals surface area contributed by atoms with E-state index < -0.39 is 30.7 Å². The highest BCUT2D eigenvalue weighted by Gasteiger charge is 2.37. The molecule has 3 amide bonds. The van der Waals surface area contributed by atoms with Crippen LogP contribution in [0.1, 0.15) is 25.7 Å². The zero-order valence-corrected chi connectivity index (χ0v) is 15.3. The molecule has 3 rings (SSSR count). The molecule has 2 atom stereocenters. The molecule has 1 aromatic heterocycles. The van der Waals surface area contributed by atoms with Gasteiger partial charge in [0.2, 0.25) is 11.9 Å². The van der Waals surface area contributed by atoms with Crippen LogP contribution in [0.15, 0.2) is 18.5 Å². The van der Waals surface area contributed by atoms with Gasteiger partial charge in [-0.1, -0.05) is 0 Å². The third-order valence-electron chi connectivity index (χ3n) is 4.86. The average Bonchev–Trinajstić information content (AvgIpc) is 3.16. The van der Waals surface area contributed by atoms with E-state index in [0.29, 0.717) is 31.9 Å². The Morgan fingerprint density at radius 1 is 1.14 bits per heavy atom. The molecule has 2 saturated heterocycles. The highest BCUT2D eigenvalue weighted by molar-refractivity contribution is 5.87. The predicted molar refractivity (Wildman–Crippen MR) is 94.6 cm³/mol. The summed E-state index contributed by atoms with van der Waals surface area (Å²) >= 11 is 0. The molecule has 8 nitrogen and oxygen atoms in total. The number of hydrogen-bond acceptors (Lipinski definition) is 5. The Labute approximate surface area is 160 Å². The van der Waals surface area contributed by atoms with Crippen LogP contribution in [0.4, 0.5) is 23.9 Å². The second-order valence-electron chi connectivity index (χ2n) is 6.97. The van der Waals surface area contributed by atoms with E-state index in [-0.39, 0.29) is 6.04 Å². The molecule has 2 fully saturated rings. The third-order valence-corrected chi connectivity index (χ3v) is 4.86. The van der Waals surface area contributed by atoms with Gasteiger partial charge < -0.3 is 20.4 Å². The predicted octanol–water partition coefficient (Wildman–Crippen LogP) is 1.30. The van der Waals surface area contributed by atoms with E-state index >= 15 is 0 Å². The van der Waals surface area contributed by atoms with E-state index in [1.807, 2.05) is 10.2 Å². The molecule has 2 aliphatic heterocycles. The number of piperidine rings is 1. The summed E-state index contributed by atoms with van der Waals surface area (Å²) in [5.41, 5.74) is 0. The standard InChI is InChI=1S/C17H23F3N6O2/c18-17(19,20)11-23-14(27)13-5-2-9-26(13)16(28)24-12-4-1-8-25(10-12)15-21-6-3-7-22-15/h3,6-7,12-13H,1-2,4-5,8-11H2,(H,23,27)(H,24,28). The van der Waals surface area contributed by atoms with Gasteiger partial charge in [0.15, 0.2) is 0 Å². The second-order valence-corrected chi connectivity index (χ2v) is 6.97. The van der Waals surface area contributed by atoms with Gasteiger partial charge >= 0.3 is 12.2 Å². The SMILES string of the molecule is O=C(NCC(F)(F)F)C1CCCN1C(=O)NC1CCCN(c2ncccn2)C1. The number of nitrogens with one attached hydrogen (secondary N) is 2. The van der Waals surface area contributed by atoms with Gasteiger partial charge in [-0.2, -0.15) is 13.2 Å². The molecule has 154 valence electrons. The summed E-state index contributed by atoms with van der Waals surface area (Å²) in [6, 6.07) is 0.277. The van der Waals surface area contributed by atoms with E-state index in [0.717, 1.165) is 19.4 Å². The summed E-state index contributed by atoms with van der Waals surface area (Å²) in [4.78, 5) is 36.4. The van der Waals surface area contributed by atoms with Crippen molar-refractivity contribution in [2.45, 2.75) is 43.9 Å². The number of urea groups is 1. The molecule has 2 aliphatic rings. The van der Waals surface area contributed by atoms with Gasteiger partial charge in [-0.05, 0) is 31.7 Å². The molecule has 0 spiro atoms. The van der Waals surface area contributed by atoms with Gasteiger partial charge in [0.1, 0.15) is 12.6 Å². The normalized spacial score (nSPS) is 22.8. The van der Waals surface area contributed by atoms with Gasteiger partial charge in [-0.15, -0.1) is 0 Å². The van der Waals surface area contributed by atoms with Crippen molar-refractivity contribution >= 4 is 17.9 Å². The van der Waals surface area contributed by atoms with E-state index in [4.69, 9.17) is 0 Å². The van der Waals surface area contributed by atoms with Crippen molar-refractivity contribution < 1.29 is 22.8 Å². The molecule has 0 aliphatic carbocycles. The molecule has 0 bridgehead atoms. The van der Waals surface area contributed by atoms with Gasteiger partial charge in [0.25, 0.3) is 0 Å². The minimum Gasteiger partial charge on any atom is -0.345 e. The minimum absolute atomic E-state index is 0.149. The number of carbonyl (C=O) groups is 2. The van der Waals surface area contributed by atoms with Gasteiger partial charge in [0, 0.05) is 38.1 Å². The first-order chi connectivity index (χ1) is 13.3. The number of aromatic nitrogens is 2. The van der Waals surface area contributed by atoms with E-state index in [9.17, 15) is 22.8 Å². The van der Waals surface area contributed by atoms with E-state index in [1.165, 1.54) is 4.90 Å². The lowest BCUT2D eigenvalue weighted by molar-refractivity contribution is -0.140. The van der Waals surface area contributed by atoms with Crippen LogP contribution in [0.2, 0.25) is 0 Å². The van der Waals surface area contributed by atoms with Crippen molar-refractivity contribution in [2.75, 3.05) is 31.1 Å². The fraction of sp³-hybridized carbons (Fsp3) is 0.647. The summed E-state index contributed by atoms with van der Waals surface area (Å²) in [6.07, 6.45) is 1.37. The maximum absolute atomic E-state index is 12.6. The quantitative estimate of drug-likeness (QED) is 0.795. The summed E-state index contributed by atoms with van der Waals surface area (Å²) in [7, 11) is 0. The fourth-order valence-electron chi connectivity index (χ4n) is 3.58. The Balaban J connectivity index is 1.55. The maximum Gasteiger partial charge on any atom is 0.405 e. The Morgan fingerprint density at radius 2 is 1.86 bits per heavy atom. The van der Waals surface area contributed by atoms with Crippen molar-refractivity contribution in [1.82, 2.24) is 25.5 Å². The number of nitrogens with zero attached hydrogens (tertiary/aromatic N) is 4. The Bertz CT molecular complexity index is 687. The third kappa shape index (κ3) is 5.23. The average molecular weight is 400 g/mol. The number of hydrogen-bond donors (Lipinski definition) is 2. The first-order valence-electron chi connectivity index (χ1n) is 9.27. The molecule has 0 radical (unpaired) electrons. The zero-order valence-electron chi connectivity index (χ0n) is 15.3. The van der Waals surface area contributed by atoms with Crippen LogP contribution in [-0.4, -0.2) is 71.2 Å². The van der Waals surface area contributed by atoms with Crippen molar-refractivity contribution in [3.05, 3.63) is 18.5 Å². The lowest BCUT2D eigenvalue weighted by Gasteiger charge is -2.34. The Kier molecular flexibility index (Phi) is 6.20. The van der Waals surface area contributed by atoms with Crippen LogP contribution in [0.25, 0.3) is 0 Å². The molecular formula is C17H23F3N6O2. The van der Waals surface area contributed by atoms with Gasteiger partial charge in [-0.25, -0.2) is 14.8 Å². The van der Waals surface area contributed by atoms with Crippen molar-refractivity contribution in [2.24, 2.45) is 0 Å². The van der Waals surface area contributed by atoms with Crippen molar-refractivity contribution in [3.63, 3.8) is 0 Å². The number of carbonyl (C=O) groups excluding carboxylic acids is 2. The number of anilines is 1. The smallest absolute Gasteiger partial charge is 0.345 e. The van der Waals surface area contributed by atoms with Crippen LogP contribution in [0.3, 0.4) is 0 Å². The highest BCUT2D eigenvalue weighted by Crippen LogP contribution is 2.20. The number of alkyl halides is 3. The number of amides is 3. The maximum atomic E-state index is 12.6. The van der Waals surface area contributed by atoms with Gasteiger partial charge in [-0.3, -0.25) is 4.79 Å². The molecule has 0 saturated carbocycles. The summed E-state index contributed by atoms with van der Waals surface area (Å²) in [5.74, 6) is -0.181.